The third-order valence-electron chi connectivity index (χ3n) is 5.79. The van der Waals surface area contributed by atoms with Gasteiger partial charge in [-0.2, -0.15) is 0 Å². The molecule has 142 valence electrons. The monoisotopic (exact) mass is 360 g/mol. The Labute approximate surface area is 154 Å². The summed E-state index contributed by atoms with van der Waals surface area (Å²) in [6.45, 7) is 5.03. The number of morpholine rings is 1. The first-order valence-electron chi connectivity index (χ1n) is 9.65. The average molecular weight is 360 g/mol. The molecule has 3 heterocycles. The number of aromatic nitrogens is 2. The molecule has 1 saturated carbocycles. The van der Waals surface area contributed by atoms with Crippen molar-refractivity contribution in [1.29, 1.82) is 0 Å². The van der Waals surface area contributed by atoms with Gasteiger partial charge in [0.05, 0.1) is 19.3 Å². The molecule has 0 bridgehead atoms. The van der Waals surface area contributed by atoms with Gasteiger partial charge in [0.15, 0.2) is 0 Å². The maximum atomic E-state index is 12.3. The number of carbonyl (C=O) groups excluding carboxylic acids is 1. The molecule has 26 heavy (non-hydrogen) atoms. The third-order valence-corrected chi connectivity index (χ3v) is 5.79. The zero-order valence-corrected chi connectivity index (χ0v) is 15.5. The second-order valence-corrected chi connectivity index (χ2v) is 7.85. The van der Waals surface area contributed by atoms with Crippen molar-refractivity contribution in [1.82, 2.24) is 19.8 Å². The van der Waals surface area contributed by atoms with Crippen LogP contribution in [0.4, 0.5) is 0 Å². The molecule has 1 aliphatic carbocycles. The van der Waals surface area contributed by atoms with E-state index in [2.05, 4.69) is 14.9 Å². The summed E-state index contributed by atoms with van der Waals surface area (Å²) in [5.41, 5.74) is 0.974. The van der Waals surface area contributed by atoms with E-state index in [4.69, 9.17) is 9.47 Å². The second-order valence-electron chi connectivity index (χ2n) is 7.85. The summed E-state index contributed by atoms with van der Waals surface area (Å²) in [6.07, 6.45) is 8.73. The first-order valence-corrected chi connectivity index (χ1v) is 9.65. The molecule has 3 fully saturated rings. The Kier molecular flexibility index (Phi) is 5.09. The van der Waals surface area contributed by atoms with Gasteiger partial charge in [-0.1, -0.05) is 0 Å². The number of nitrogens with zero attached hydrogens (tertiary/aromatic N) is 4. The fourth-order valence-corrected chi connectivity index (χ4v) is 4.01. The van der Waals surface area contributed by atoms with E-state index >= 15 is 0 Å². The number of hydrogen-bond donors (Lipinski definition) is 0. The number of likely N-dealkylation sites (tertiary alicyclic amines) is 1. The Morgan fingerprint density at radius 3 is 2.65 bits per heavy atom. The number of ether oxygens (including phenoxy) is 2. The van der Waals surface area contributed by atoms with E-state index < -0.39 is 0 Å². The SMILES string of the molecule is COc1ncc(CN2CCOC3(CCN(C(=O)CC4CC4)CC3)C2)cn1. The summed E-state index contributed by atoms with van der Waals surface area (Å²) in [5.74, 6) is 0.997. The van der Waals surface area contributed by atoms with E-state index in [-0.39, 0.29) is 5.60 Å². The topological polar surface area (TPSA) is 67.8 Å². The molecule has 3 aliphatic rings. The van der Waals surface area contributed by atoms with Gasteiger partial charge in [-0.3, -0.25) is 9.69 Å². The largest absolute Gasteiger partial charge is 0.467 e. The molecule has 7 heteroatoms. The van der Waals surface area contributed by atoms with Crippen LogP contribution >= 0.6 is 0 Å². The Balaban J connectivity index is 1.30. The maximum Gasteiger partial charge on any atom is 0.316 e. The first kappa shape index (κ1) is 17.7. The number of carbonyl (C=O) groups is 1. The lowest BCUT2D eigenvalue weighted by Gasteiger charge is -2.47. The molecular weight excluding hydrogens is 332 g/mol. The van der Waals surface area contributed by atoms with E-state index in [1.165, 1.54) is 12.8 Å². The second kappa shape index (κ2) is 7.48. The van der Waals surface area contributed by atoms with E-state index in [9.17, 15) is 4.79 Å². The van der Waals surface area contributed by atoms with Gasteiger partial charge in [0.2, 0.25) is 5.91 Å². The van der Waals surface area contributed by atoms with Crippen molar-refractivity contribution in [3.8, 4) is 6.01 Å². The molecule has 1 aromatic rings. The molecule has 0 N–H and O–H groups in total. The van der Waals surface area contributed by atoms with Gasteiger partial charge in [0, 0.05) is 57.1 Å². The van der Waals surface area contributed by atoms with Crippen molar-refractivity contribution in [2.24, 2.45) is 5.92 Å². The van der Waals surface area contributed by atoms with Crippen molar-refractivity contribution >= 4 is 5.91 Å². The fourth-order valence-electron chi connectivity index (χ4n) is 4.01. The Morgan fingerprint density at radius 1 is 1.27 bits per heavy atom. The van der Waals surface area contributed by atoms with Gasteiger partial charge in [-0.05, 0) is 31.6 Å². The van der Waals surface area contributed by atoms with E-state index in [0.29, 0.717) is 17.8 Å². The molecule has 0 radical (unpaired) electrons. The predicted molar refractivity (Wildman–Crippen MR) is 95.7 cm³/mol. The van der Waals surface area contributed by atoms with Crippen LogP contribution in [0, 0.1) is 5.92 Å². The molecule has 2 saturated heterocycles. The van der Waals surface area contributed by atoms with E-state index in [1.54, 1.807) is 7.11 Å². The van der Waals surface area contributed by atoms with Crippen molar-refractivity contribution in [3.63, 3.8) is 0 Å². The Bertz CT molecular complexity index is 624. The molecule has 7 nitrogen and oxygen atoms in total. The minimum Gasteiger partial charge on any atom is -0.467 e. The van der Waals surface area contributed by atoms with Crippen LogP contribution in [-0.2, 0) is 16.1 Å². The molecule has 0 unspecified atom stereocenters. The number of hydrogen-bond acceptors (Lipinski definition) is 6. The summed E-state index contributed by atoms with van der Waals surface area (Å²) in [5, 5.41) is 0. The van der Waals surface area contributed by atoms with Crippen LogP contribution in [0.25, 0.3) is 0 Å². The zero-order chi connectivity index (χ0) is 18.0. The van der Waals surface area contributed by atoms with Crippen LogP contribution in [0.2, 0.25) is 0 Å². The molecule has 2 aliphatic heterocycles. The highest BCUT2D eigenvalue weighted by Gasteiger charge is 2.41. The van der Waals surface area contributed by atoms with Crippen LogP contribution in [0.3, 0.4) is 0 Å². The third kappa shape index (κ3) is 4.15. The molecule has 1 aromatic heterocycles. The lowest BCUT2D eigenvalue weighted by atomic mass is 9.89. The molecular formula is C19H28N4O3. The van der Waals surface area contributed by atoms with Crippen LogP contribution < -0.4 is 4.74 Å². The van der Waals surface area contributed by atoms with Crippen molar-refractivity contribution in [2.75, 3.05) is 39.9 Å². The zero-order valence-electron chi connectivity index (χ0n) is 15.5. The average Bonchev–Trinajstić information content (AvgIpc) is 3.47. The summed E-state index contributed by atoms with van der Waals surface area (Å²) in [7, 11) is 1.57. The Morgan fingerprint density at radius 2 is 2.00 bits per heavy atom. The first-order chi connectivity index (χ1) is 12.7. The molecule has 0 atom stereocenters. The molecule has 4 rings (SSSR count). The van der Waals surface area contributed by atoms with Gasteiger partial charge < -0.3 is 14.4 Å². The fraction of sp³-hybridized carbons (Fsp3) is 0.737. The number of amides is 1. The van der Waals surface area contributed by atoms with Crippen LogP contribution in [0.5, 0.6) is 6.01 Å². The highest BCUT2D eigenvalue weighted by molar-refractivity contribution is 5.76. The summed E-state index contributed by atoms with van der Waals surface area (Å²) in [4.78, 5) is 25.2. The molecule has 1 amide bonds. The quantitative estimate of drug-likeness (QED) is 0.792. The van der Waals surface area contributed by atoms with Gasteiger partial charge in [-0.15, -0.1) is 0 Å². The number of piperidine rings is 1. The van der Waals surface area contributed by atoms with Gasteiger partial charge in [-0.25, -0.2) is 9.97 Å². The van der Waals surface area contributed by atoms with Crippen molar-refractivity contribution < 1.29 is 14.3 Å². The Hall–Kier alpha value is -1.73. The van der Waals surface area contributed by atoms with Gasteiger partial charge in [0.25, 0.3) is 0 Å². The summed E-state index contributed by atoms with van der Waals surface area (Å²) in [6, 6.07) is 0.399. The lowest BCUT2D eigenvalue weighted by Crippen LogP contribution is -2.57. The number of rotatable bonds is 5. The van der Waals surface area contributed by atoms with E-state index in [0.717, 1.165) is 64.2 Å². The minimum absolute atomic E-state index is 0.109. The van der Waals surface area contributed by atoms with Crippen molar-refractivity contribution in [3.05, 3.63) is 18.0 Å². The van der Waals surface area contributed by atoms with Crippen LogP contribution in [0.1, 0.15) is 37.7 Å². The van der Waals surface area contributed by atoms with E-state index in [1.807, 2.05) is 17.3 Å². The number of methoxy groups -OCH3 is 1. The van der Waals surface area contributed by atoms with Gasteiger partial charge in [0.1, 0.15) is 0 Å². The smallest absolute Gasteiger partial charge is 0.316 e. The molecule has 0 aromatic carbocycles. The maximum absolute atomic E-state index is 12.3. The molecule has 1 spiro atoms. The van der Waals surface area contributed by atoms with Crippen LogP contribution in [-0.4, -0.2) is 71.2 Å². The standard InChI is InChI=1S/C19H28N4O3/c1-25-18-20-11-16(12-21-18)13-22-8-9-26-19(14-22)4-6-23(7-5-19)17(24)10-15-2-3-15/h11-12,15H,2-10,13-14H2,1H3. The summed E-state index contributed by atoms with van der Waals surface area (Å²) >= 11 is 0. The minimum atomic E-state index is -0.109. The van der Waals surface area contributed by atoms with Crippen molar-refractivity contribution in [2.45, 2.75) is 44.2 Å². The van der Waals surface area contributed by atoms with Gasteiger partial charge >= 0.3 is 6.01 Å². The van der Waals surface area contributed by atoms with Crippen LogP contribution in [0.15, 0.2) is 12.4 Å². The highest BCUT2D eigenvalue weighted by atomic mass is 16.5. The predicted octanol–water partition coefficient (Wildman–Crippen LogP) is 1.48. The normalized spacial score (nSPS) is 23.2. The lowest BCUT2D eigenvalue weighted by molar-refractivity contribution is -0.151. The summed E-state index contributed by atoms with van der Waals surface area (Å²) < 4.78 is 11.2. The highest BCUT2D eigenvalue weighted by Crippen LogP contribution is 2.35.